The number of nitrogens with two attached hydrogens (primary N) is 1. The van der Waals surface area contributed by atoms with Crippen molar-refractivity contribution in [3.63, 3.8) is 0 Å². The van der Waals surface area contributed by atoms with Crippen LogP contribution < -0.4 is 26.1 Å². The summed E-state index contributed by atoms with van der Waals surface area (Å²) in [5.74, 6) is 0.750. The van der Waals surface area contributed by atoms with E-state index in [1.165, 1.54) is 0 Å². The first kappa shape index (κ1) is 25.4. The molecule has 1 aromatic heterocycles. The summed E-state index contributed by atoms with van der Waals surface area (Å²) in [5, 5.41) is 3.83. The molecule has 9 heteroatoms. The van der Waals surface area contributed by atoms with Crippen LogP contribution in [0.5, 0.6) is 11.5 Å². The number of amides is 2. The van der Waals surface area contributed by atoms with Crippen molar-refractivity contribution in [1.29, 1.82) is 0 Å². The van der Waals surface area contributed by atoms with Crippen molar-refractivity contribution in [2.24, 2.45) is 11.7 Å². The van der Waals surface area contributed by atoms with E-state index in [0.29, 0.717) is 47.0 Å². The van der Waals surface area contributed by atoms with Crippen molar-refractivity contribution in [1.82, 2.24) is 9.88 Å². The molecule has 1 aromatic carbocycles. The van der Waals surface area contributed by atoms with Crippen molar-refractivity contribution in [2.75, 3.05) is 13.2 Å². The Balaban J connectivity index is 2.08. The molecular formula is C25H35N3O6. The van der Waals surface area contributed by atoms with E-state index in [1.54, 1.807) is 43.5 Å². The molecule has 3 N–H and O–H groups in total. The van der Waals surface area contributed by atoms with Crippen LogP contribution in [0, 0.1) is 5.92 Å². The maximum Gasteiger partial charge on any atom is 0.407 e. The third kappa shape index (κ3) is 6.88. The number of ether oxygens (including phenoxy) is 3. The Bertz CT molecular complexity index is 1100. The average Bonchev–Trinajstić information content (AvgIpc) is 3.57. The van der Waals surface area contributed by atoms with Crippen molar-refractivity contribution < 1.29 is 23.8 Å². The highest BCUT2D eigenvalue weighted by molar-refractivity contribution is 5.90. The molecule has 34 heavy (non-hydrogen) atoms. The van der Waals surface area contributed by atoms with Gasteiger partial charge in [0.15, 0.2) is 6.61 Å². The van der Waals surface area contributed by atoms with E-state index in [9.17, 15) is 14.4 Å². The van der Waals surface area contributed by atoms with E-state index >= 15 is 0 Å². The summed E-state index contributed by atoms with van der Waals surface area (Å²) in [6.45, 7) is 8.25. The second-order valence-electron chi connectivity index (χ2n) is 9.65. The number of carbonyl (C=O) groups is 2. The number of hydrogen-bond donors (Lipinski definition) is 2. The molecule has 0 unspecified atom stereocenters. The summed E-state index contributed by atoms with van der Waals surface area (Å²) >= 11 is 0. The highest BCUT2D eigenvalue weighted by atomic mass is 16.6. The van der Waals surface area contributed by atoms with Gasteiger partial charge in [-0.25, -0.2) is 4.79 Å². The number of aromatic nitrogens is 1. The highest BCUT2D eigenvalue weighted by Gasteiger charge is 2.27. The van der Waals surface area contributed by atoms with E-state index in [4.69, 9.17) is 19.9 Å². The van der Waals surface area contributed by atoms with Crippen molar-refractivity contribution >= 4 is 22.8 Å². The van der Waals surface area contributed by atoms with Crippen molar-refractivity contribution in [3.05, 3.63) is 34.2 Å². The summed E-state index contributed by atoms with van der Waals surface area (Å²) in [6, 6.07) is 5.00. The fourth-order valence-corrected chi connectivity index (χ4v) is 3.57. The molecule has 9 nitrogen and oxygen atoms in total. The van der Waals surface area contributed by atoms with Gasteiger partial charge in [0.25, 0.3) is 11.5 Å². The maximum atomic E-state index is 13.5. The zero-order valence-electron chi connectivity index (χ0n) is 20.4. The number of benzene rings is 1. The second-order valence-corrected chi connectivity index (χ2v) is 9.65. The highest BCUT2D eigenvalue weighted by Crippen LogP contribution is 2.35. The van der Waals surface area contributed by atoms with Gasteiger partial charge in [0.05, 0.1) is 24.2 Å². The first-order chi connectivity index (χ1) is 16.1. The van der Waals surface area contributed by atoms with Crippen LogP contribution in [0.4, 0.5) is 4.79 Å². The summed E-state index contributed by atoms with van der Waals surface area (Å²) in [5.41, 5.74) is 4.98. The van der Waals surface area contributed by atoms with E-state index in [-0.39, 0.29) is 18.7 Å². The average molecular weight is 474 g/mol. The molecule has 3 rings (SSSR count). The van der Waals surface area contributed by atoms with Crippen molar-refractivity contribution in [2.45, 2.75) is 72.1 Å². The smallest absolute Gasteiger partial charge is 0.407 e. The molecular weight excluding hydrogens is 438 g/mol. The Kier molecular flexibility index (Phi) is 8.06. The van der Waals surface area contributed by atoms with Crippen molar-refractivity contribution in [3.8, 4) is 11.5 Å². The lowest BCUT2D eigenvalue weighted by Gasteiger charge is -2.23. The third-order valence-electron chi connectivity index (χ3n) is 5.36. The van der Waals surface area contributed by atoms with Gasteiger partial charge in [0.2, 0.25) is 0 Å². The Morgan fingerprint density at radius 3 is 2.53 bits per heavy atom. The van der Waals surface area contributed by atoms with Crippen LogP contribution in [-0.2, 0) is 22.6 Å². The minimum absolute atomic E-state index is 0.0701. The minimum Gasteiger partial charge on any atom is -0.491 e. The molecule has 0 bridgehead atoms. The van der Waals surface area contributed by atoms with Gasteiger partial charge in [-0.2, -0.15) is 0 Å². The molecule has 186 valence electrons. The topological polar surface area (TPSA) is 122 Å². The molecule has 1 fully saturated rings. The molecule has 1 heterocycles. The lowest BCUT2D eigenvalue weighted by Crippen LogP contribution is -2.35. The van der Waals surface area contributed by atoms with Crippen LogP contribution in [0.2, 0.25) is 0 Å². The molecule has 2 amide bonds. The zero-order chi connectivity index (χ0) is 24.9. The molecule has 1 saturated carbocycles. The van der Waals surface area contributed by atoms with Crippen LogP contribution in [-0.4, -0.2) is 35.4 Å². The number of primary amides is 1. The number of nitrogens with one attached hydrogen (secondary N) is 1. The summed E-state index contributed by atoms with van der Waals surface area (Å²) in [7, 11) is 0. The number of carbonyl (C=O) groups excluding carboxylic acids is 2. The maximum absolute atomic E-state index is 13.5. The molecule has 1 aliphatic rings. The van der Waals surface area contributed by atoms with E-state index < -0.39 is 17.6 Å². The van der Waals surface area contributed by atoms with Gasteiger partial charge in [-0.15, -0.1) is 0 Å². The first-order valence-electron chi connectivity index (χ1n) is 11.8. The Morgan fingerprint density at radius 1 is 1.18 bits per heavy atom. The van der Waals surface area contributed by atoms with Crippen LogP contribution >= 0.6 is 0 Å². The zero-order valence-corrected chi connectivity index (χ0v) is 20.4. The van der Waals surface area contributed by atoms with Gasteiger partial charge in [-0.1, -0.05) is 13.3 Å². The predicted molar refractivity (Wildman–Crippen MR) is 129 cm³/mol. The number of fused-ring (bicyclic) bond motifs is 1. The van der Waals surface area contributed by atoms with Crippen LogP contribution in [0.1, 0.15) is 59.1 Å². The molecule has 0 spiro atoms. The fraction of sp³-hybridized carbons (Fsp3) is 0.560. The largest absolute Gasteiger partial charge is 0.491 e. The van der Waals surface area contributed by atoms with Gasteiger partial charge in [-0.05, 0) is 64.2 Å². The van der Waals surface area contributed by atoms with E-state index in [2.05, 4.69) is 12.2 Å². The molecule has 0 atom stereocenters. The molecule has 0 radical (unpaired) electrons. The minimum atomic E-state index is -0.645. The number of hydrogen-bond acceptors (Lipinski definition) is 6. The Labute approximate surface area is 199 Å². The lowest BCUT2D eigenvalue weighted by molar-refractivity contribution is -0.119. The number of alkyl carbamates (subject to hydrolysis) is 1. The molecule has 1 aliphatic carbocycles. The number of unbranched alkanes of at least 4 members (excludes halogenated alkanes) is 1. The SMILES string of the molecule is CCCCOc1c(CNC(=O)OC(C)(C)C)n(CC2CC2)c(=O)c2ccc(OCC(N)=O)cc12. The van der Waals surface area contributed by atoms with Gasteiger partial charge in [0.1, 0.15) is 17.1 Å². The second kappa shape index (κ2) is 10.8. The fourth-order valence-electron chi connectivity index (χ4n) is 3.57. The summed E-state index contributed by atoms with van der Waals surface area (Å²) in [4.78, 5) is 37.0. The summed E-state index contributed by atoms with van der Waals surface area (Å²) in [6.07, 6.45) is 3.33. The molecule has 2 aromatic rings. The Hall–Kier alpha value is -3.23. The van der Waals surface area contributed by atoms with Crippen LogP contribution in [0.25, 0.3) is 10.8 Å². The molecule has 0 aliphatic heterocycles. The Morgan fingerprint density at radius 2 is 1.91 bits per heavy atom. The third-order valence-corrected chi connectivity index (χ3v) is 5.36. The van der Waals surface area contributed by atoms with Gasteiger partial charge < -0.3 is 29.8 Å². The molecule has 0 saturated heterocycles. The lowest BCUT2D eigenvalue weighted by atomic mass is 10.1. The van der Waals surface area contributed by atoms with E-state index in [0.717, 1.165) is 25.7 Å². The standard InChI is InChI=1S/C25H35N3O6/c1-5-6-11-32-22-19-12-17(33-15-21(26)29)9-10-18(19)23(30)28(14-16-7-8-16)20(22)13-27-24(31)34-25(2,3)4/h9-10,12,16H,5-8,11,13-15H2,1-4H3,(H2,26,29)(H,27,31). The first-order valence-corrected chi connectivity index (χ1v) is 11.8. The number of rotatable bonds is 11. The predicted octanol–water partition coefficient (Wildman–Crippen LogP) is 3.48. The number of nitrogens with zero attached hydrogens (tertiary/aromatic N) is 1. The van der Waals surface area contributed by atoms with Gasteiger partial charge in [0, 0.05) is 11.9 Å². The van der Waals surface area contributed by atoms with Crippen LogP contribution in [0.15, 0.2) is 23.0 Å². The summed E-state index contributed by atoms with van der Waals surface area (Å²) < 4.78 is 18.8. The van der Waals surface area contributed by atoms with Gasteiger partial charge in [-0.3, -0.25) is 9.59 Å². The monoisotopic (exact) mass is 473 g/mol. The number of pyridine rings is 1. The van der Waals surface area contributed by atoms with Gasteiger partial charge >= 0.3 is 6.09 Å². The van der Waals surface area contributed by atoms with E-state index in [1.807, 2.05) is 0 Å². The van der Waals surface area contributed by atoms with Crippen LogP contribution in [0.3, 0.4) is 0 Å². The quantitative estimate of drug-likeness (QED) is 0.482. The normalized spacial score (nSPS) is 13.5.